The number of rotatable bonds is 11. The van der Waals surface area contributed by atoms with E-state index in [1.165, 1.54) is 0 Å². The molecule has 0 radical (unpaired) electrons. The Kier molecular flexibility index (Phi) is 9.43. The zero-order valence-corrected chi connectivity index (χ0v) is 29.6. The minimum atomic E-state index is -1.32. The van der Waals surface area contributed by atoms with Crippen LogP contribution in [0.2, 0.25) is 0 Å². The van der Waals surface area contributed by atoms with E-state index in [1.54, 1.807) is 61.0 Å². The molecule has 0 bridgehead atoms. The van der Waals surface area contributed by atoms with Gasteiger partial charge < -0.3 is 29.9 Å². The molecule has 3 N–H and O–H groups in total. The van der Waals surface area contributed by atoms with Crippen molar-refractivity contribution >= 4 is 23.2 Å². The van der Waals surface area contributed by atoms with Crippen LogP contribution in [0.25, 0.3) is 0 Å². The Bertz CT molecular complexity index is 2060. The summed E-state index contributed by atoms with van der Waals surface area (Å²) in [6.07, 6.45) is 0.774. The standard InChI is InChI=1S/C41H43N5O6/c1-26-36(40(2,3)50)35(21-22-45-25-33(43-44-45)37(47)28-12-6-5-7-13-28)52-41(26)32-15-8-9-16-34(32)46(39(41)49)24-27-11-10-14-30(23-27)42-38(48)29-17-19-31(51-4)20-18-29/h5-20,23,25-26,35-37,47,50H,21-22,24H2,1-4H3,(H,42,48)/t26-,35+,36-,37-,41+/m1/s1. The summed E-state index contributed by atoms with van der Waals surface area (Å²) < 4.78 is 13.8. The van der Waals surface area contributed by atoms with Crippen LogP contribution in [0.5, 0.6) is 5.75 Å². The number of aryl methyl sites for hydroxylation is 1. The minimum Gasteiger partial charge on any atom is -0.497 e. The Morgan fingerprint density at radius 2 is 1.75 bits per heavy atom. The van der Waals surface area contributed by atoms with Crippen molar-refractivity contribution in [1.29, 1.82) is 0 Å². The third-order valence-corrected chi connectivity index (χ3v) is 10.4. The van der Waals surface area contributed by atoms with Crippen molar-refractivity contribution in [1.82, 2.24) is 15.0 Å². The normalized spacial score (nSPS) is 21.7. The first-order valence-corrected chi connectivity index (χ1v) is 17.5. The van der Waals surface area contributed by atoms with Crippen LogP contribution in [0.15, 0.2) is 109 Å². The summed E-state index contributed by atoms with van der Waals surface area (Å²) in [6, 6.07) is 31.3. The summed E-state index contributed by atoms with van der Waals surface area (Å²) in [6.45, 7) is 6.18. The highest BCUT2D eigenvalue weighted by atomic mass is 16.5. The predicted molar refractivity (Wildman–Crippen MR) is 196 cm³/mol. The van der Waals surface area contributed by atoms with Gasteiger partial charge in [-0.05, 0) is 73.9 Å². The molecule has 1 fully saturated rings. The number of anilines is 2. The Balaban J connectivity index is 1.11. The van der Waals surface area contributed by atoms with Gasteiger partial charge in [0.15, 0.2) is 5.60 Å². The van der Waals surface area contributed by atoms with Gasteiger partial charge in [0.1, 0.15) is 17.5 Å². The topological polar surface area (TPSA) is 139 Å². The van der Waals surface area contributed by atoms with E-state index in [0.29, 0.717) is 35.7 Å². The van der Waals surface area contributed by atoms with Gasteiger partial charge >= 0.3 is 0 Å². The third-order valence-electron chi connectivity index (χ3n) is 10.4. The number of amides is 2. The lowest BCUT2D eigenvalue weighted by atomic mass is 9.71. The summed E-state index contributed by atoms with van der Waals surface area (Å²) in [5.74, 6) is -0.555. The quantitative estimate of drug-likeness (QED) is 0.155. The zero-order valence-electron chi connectivity index (χ0n) is 29.6. The van der Waals surface area contributed by atoms with E-state index in [2.05, 4.69) is 15.6 Å². The average Bonchev–Trinajstić information content (AvgIpc) is 3.81. The number of nitrogens with one attached hydrogen (secondary N) is 1. The maximum Gasteiger partial charge on any atom is 0.264 e. The van der Waals surface area contributed by atoms with Gasteiger partial charge in [-0.2, -0.15) is 0 Å². The molecule has 1 spiro atoms. The molecule has 1 aromatic heterocycles. The van der Waals surface area contributed by atoms with E-state index in [-0.39, 0.29) is 30.2 Å². The van der Waals surface area contributed by atoms with Crippen molar-refractivity contribution in [3.8, 4) is 5.75 Å². The summed E-state index contributed by atoms with van der Waals surface area (Å²) in [5.41, 5.74) is 2.12. The molecule has 5 aromatic rings. The van der Waals surface area contributed by atoms with E-state index < -0.39 is 23.4 Å². The van der Waals surface area contributed by atoms with Gasteiger partial charge in [-0.1, -0.05) is 72.8 Å². The molecular weight excluding hydrogens is 658 g/mol. The molecule has 0 saturated carbocycles. The van der Waals surface area contributed by atoms with E-state index in [9.17, 15) is 19.8 Å². The summed E-state index contributed by atoms with van der Waals surface area (Å²) in [7, 11) is 1.58. The zero-order chi connectivity index (χ0) is 36.6. The molecule has 11 heteroatoms. The average molecular weight is 702 g/mol. The number of hydrogen-bond acceptors (Lipinski definition) is 8. The van der Waals surface area contributed by atoms with E-state index in [4.69, 9.17) is 9.47 Å². The molecule has 3 heterocycles. The summed E-state index contributed by atoms with van der Waals surface area (Å²) >= 11 is 0. The fourth-order valence-corrected chi connectivity index (χ4v) is 7.95. The van der Waals surface area contributed by atoms with Gasteiger partial charge in [0.05, 0.1) is 37.2 Å². The molecular formula is C41H43N5O6. The summed E-state index contributed by atoms with van der Waals surface area (Å²) in [4.78, 5) is 29.5. The van der Waals surface area contributed by atoms with Crippen LogP contribution in [0.3, 0.4) is 0 Å². The van der Waals surface area contributed by atoms with Crippen LogP contribution in [0.1, 0.15) is 66.0 Å². The number of aliphatic hydroxyl groups excluding tert-OH is 1. The number of ether oxygens (including phenoxy) is 2. The molecule has 52 heavy (non-hydrogen) atoms. The van der Waals surface area contributed by atoms with Gasteiger partial charge in [0, 0.05) is 35.2 Å². The largest absolute Gasteiger partial charge is 0.497 e. The molecule has 7 rings (SSSR count). The predicted octanol–water partition coefficient (Wildman–Crippen LogP) is 5.88. The highest BCUT2D eigenvalue weighted by Crippen LogP contribution is 2.58. The second kappa shape index (κ2) is 14.0. The molecule has 0 aliphatic carbocycles. The molecule has 2 aliphatic rings. The number of nitrogens with zero attached hydrogens (tertiary/aromatic N) is 4. The number of para-hydroxylation sites is 1. The number of aliphatic hydroxyl groups is 2. The minimum absolute atomic E-state index is 0.195. The highest BCUT2D eigenvalue weighted by molar-refractivity contribution is 6.07. The molecule has 1 saturated heterocycles. The molecule has 4 aromatic carbocycles. The lowest BCUT2D eigenvalue weighted by Crippen LogP contribution is -2.46. The van der Waals surface area contributed by atoms with Crippen LogP contribution in [-0.2, 0) is 28.2 Å². The van der Waals surface area contributed by atoms with Crippen LogP contribution in [0.4, 0.5) is 11.4 Å². The Labute approximate surface area is 302 Å². The second-order valence-corrected chi connectivity index (χ2v) is 14.2. The lowest BCUT2D eigenvalue weighted by Gasteiger charge is -2.34. The molecule has 0 unspecified atom stereocenters. The van der Waals surface area contributed by atoms with Crippen molar-refractivity contribution in [2.45, 2.75) is 63.7 Å². The number of aromatic nitrogens is 3. The number of fused-ring (bicyclic) bond motifs is 2. The fourth-order valence-electron chi connectivity index (χ4n) is 7.95. The Hall–Kier alpha value is -5.36. The summed E-state index contributed by atoms with van der Waals surface area (Å²) in [5, 5.41) is 33.8. The number of hydrogen-bond donors (Lipinski definition) is 3. The first-order valence-electron chi connectivity index (χ1n) is 17.5. The Morgan fingerprint density at radius 3 is 2.48 bits per heavy atom. The van der Waals surface area contributed by atoms with E-state index in [0.717, 1.165) is 22.4 Å². The van der Waals surface area contributed by atoms with Crippen molar-refractivity contribution in [3.63, 3.8) is 0 Å². The molecule has 2 amide bonds. The Morgan fingerprint density at radius 1 is 1.02 bits per heavy atom. The maximum atomic E-state index is 14.8. The van der Waals surface area contributed by atoms with Crippen molar-refractivity contribution in [3.05, 3.63) is 137 Å². The number of carbonyl (C=O) groups excluding carboxylic acids is 2. The smallest absolute Gasteiger partial charge is 0.264 e. The number of carbonyl (C=O) groups is 2. The van der Waals surface area contributed by atoms with Crippen LogP contribution in [0, 0.1) is 11.8 Å². The van der Waals surface area contributed by atoms with Gasteiger partial charge in [-0.3, -0.25) is 14.3 Å². The number of benzene rings is 4. The molecule has 11 nitrogen and oxygen atoms in total. The van der Waals surface area contributed by atoms with E-state index >= 15 is 0 Å². The first kappa shape index (κ1) is 35.1. The van der Waals surface area contributed by atoms with Crippen LogP contribution in [-0.4, -0.2) is 55.8 Å². The second-order valence-electron chi connectivity index (χ2n) is 14.2. The van der Waals surface area contributed by atoms with E-state index in [1.807, 2.05) is 85.8 Å². The van der Waals surface area contributed by atoms with Gasteiger partial charge in [0.25, 0.3) is 11.8 Å². The molecule has 2 aliphatic heterocycles. The van der Waals surface area contributed by atoms with Crippen molar-refractivity contribution in [2.24, 2.45) is 11.8 Å². The van der Waals surface area contributed by atoms with Crippen LogP contribution >= 0.6 is 0 Å². The monoisotopic (exact) mass is 701 g/mol. The molecule has 5 atom stereocenters. The van der Waals surface area contributed by atoms with Crippen molar-refractivity contribution < 1.29 is 29.3 Å². The maximum absolute atomic E-state index is 14.8. The molecule has 268 valence electrons. The fraction of sp³-hybridized carbons (Fsp3) is 0.317. The number of methoxy groups -OCH3 is 1. The van der Waals surface area contributed by atoms with Gasteiger partial charge in [-0.15, -0.1) is 5.10 Å². The lowest BCUT2D eigenvalue weighted by molar-refractivity contribution is -0.146. The third kappa shape index (κ3) is 6.47. The van der Waals surface area contributed by atoms with Gasteiger partial charge in [-0.25, -0.2) is 0 Å². The van der Waals surface area contributed by atoms with Gasteiger partial charge in [0.2, 0.25) is 0 Å². The SMILES string of the molecule is COc1ccc(C(=O)Nc2cccc(CN3C(=O)[C@@]4(O[C@@H](CCn5cc([C@H](O)c6ccccc6)nn5)[C@H](C(C)(C)O)[C@H]4C)c4ccccc43)c2)cc1. The van der Waals surface area contributed by atoms with Crippen molar-refractivity contribution in [2.75, 3.05) is 17.3 Å². The van der Waals surface area contributed by atoms with Crippen LogP contribution < -0.4 is 15.0 Å². The highest BCUT2D eigenvalue weighted by Gasteiger charge is 2.65. The first-order chi connectivity index (χ1) is 25.0.